The van der Waals surface area contributed by atoms with Crippen LogP contribution >= 0.6 is 0 Å². The lowest BCUT2D eigenvalue weighted by Gasteiger charge is -2.07. The van der Waals surface area contributed by atoms with Gasteiger partial charge in [-0.25, -0.2) is 0 Å². The lowest BCUT2D eigenvalue weighted by molar-refractivity contribution is 0.339. The highest BCUT2D eigenvalue weighted by Crippen LogP contribution is 2.31. The summed E-state index contributed by atoms with van der Waals surface area (Å²) < 4.78 is 10.7. The zero-order valence-corrected chi connectivity index (χ0v) is 11.1. The molecule has 2 atom stereocenters. The summed E-state index contributed by atoms with van der Waals surface area (Å²) in [6, 6.07) is 7.69. The van der Waals surface area contributed by atoms with Crippen molar-refractivity contribution in [3.8, 4) is 17.1 Å². The Morgan fingerprint density at radius 1 is 1.32 bits per heavy atom. The van der Waals surface area contributed by atoms with Crippen molar-refractivity contribution in [2.75, 3.05) is 20.2 Å². The number of para-hydroxylation sites is 1. The molecule has 0 spiro atoms. The third-order valence-corrected chi connectivity index (χ3v) is 3.62. The van der Waals surface area contributed by atoms with Crippen molar-refractivity contribution in [2.45, 2.75) is 12.8 Å². The molecule has 1 saturated heterocycles. The standard InChI is InChI=1S/C14H17N3O2/c1-9-7-15-8-11(9)14-16-13(17-19-14)10-5-3-4-6-12(10)18-2/h3-6,9,11,15H,7-8H2,1-2H3. The van der Waals surface area contributed by atoms with Crippen molar-refractivity contribution in [1.29, 1.82) is 0 Å². The molecule has 0 bridgehead atoms. The van der Waals surface area contributed by atoms with Crippen molar-refractivity contribution in [1.82, 2.24) is 15.5 Å². The monoisotopic (exact) mass is 259 g/mol. The average Bonchev–Trinajstić information content (AvgIpc) is 3.07. The SMILES string of the molecule is COc1ccccc1-c1noc(C2CNCC2C)n1. The van der Waals surface area contributed by atoms with E-state index in [4.69, 9.17) is 9.26 Å². The van der Waals surface area contributed by atoms with Crippen molar-refractivity contribution >= 4 is 0 Å². The minimum Gasteiger partial charge on any atom is -0.496 e. The summed E-state index contributed by atoms with van der Waals surface area (Å²) in [5, 5.41) is 7.42. The first-order valence-corrected chi connectivity index (χ1v) is 6.47. The summed E-state index contributed by atoms with van der Waals surface area (Å²) >= 11 is 0. The molecule has 19 heavy (non-hydrogen) atoms. The number of ether oxygens (including phenoxy) is 1. The van der Waals surface area contributed by atoms with Crippen LogP contribution in [-0.2, 0) is 0 Å². The second kappa shape index (κ2) is 5.01. The van der Waals surface area contributed by atoms with E-state index in [9.17, 15) is 0 Å². The van der Waals surface area contributed by atoms with Crippen LogP contribution in [0.5, 0.6) is 5.75 Å². The summed E-state index contributed by atoms with van der Waals surface area (Å²) in [5.74, 6) is 2.87. The van der Waals surface area contributed by atoms with Crippen LogP contribution in [0, 0.1) is 5.92 Å². The zero-order chi connectivity index (χ0) is 13.2. The first kappa shape index (κ1) is 12.2. The van der Waals surface area contributed by atoms with E-state index in [0.717, 1.165) is 24.4 Å². The molecule has 2 aromatic rings. The second-order valence-corrected chi connectivity index (χ2v) is 4.90. The van der Waals surface area contributed by atoms with E-state index >= 15 is 0 Å². The molecule has 2 unspecified atom stereocenters. The predicted molar refractivity (Wildman–Crippen MR) is 71.1 cm³/mol. The molecule has 1 aliphatic heterocycles. The molecular weight excluding hydrogens is 242 g/mol. The van der Waals surface area contributed by atoms with Crippen molar-refractivity contribution in [3.05, 3.63) is 30.2 Å². The van der Waals surface area contributed by atoms with Crippen molar-refractivity contribution < 1.29 is 9.26 Å². The van der Waals surface area contributed by atoms with E-state index in [1.54, 1.807) is 7.11 Å². The number of benzene rings is 1. The van der Waals surface area contributed by atoms with E-state index < -0.39 is 0 Å². The second-order valence-electron chi connectivity index (χ2n) is 4.90. The van der Waals surface area contributed by atoms with Gasteiger partial charge < -0.3 is 14.6 Å². The first-order valence-electron chi connectivity index (χ1n) is 6.47. The Hall–Kier alpha value is -1.88. The maximum Gasteiger partial charge on any atom is 0.231 e. The highest BCUT2D eigenvalue weighted by Gasteiger charge is 2.29. The molecule has 0 aliphatic carbocycles. The number of hydrogen-bond acceptors (Lipinski definition) is 5. The maximum absolute atomic E-state index is 5.42. The van der Waals surface area contributed by atoms with Gasteiger partial charge in [-0.2, -0.15) is 4.98 Å². The third kappa shape index (κ3) is 2.21. The van der Waals surface area contributed by atoms with Crippen LogP contribution in [0.1, 0.15) is 18.7 Å². The zero-order valence-electron chi connectivity index (χ0n) is 11.1. The van der Waals surface area contributed by atoms with Crippen LogP contribution in [0.3, 0.4) is 0 Å². The predicted octanol–water partition coefficient (Wildman–Crippen LogP) is 2.07. The quantitative estimate of drug-likeness (QED) is 0.914. The van der Waals surface area contributed by atoms with Gasteiger partial charge in [0, 0.05) is 6.54 Å². The summed E-state index contributed by atoms with van der Waals surface area (Å²) in [6.45, 7) is 4.09. The Kier molecular flexibility index (Phi) is 3.21. The number of methoxy groups -OCH3 is 1. The van der Waals surface area contributed by atoms with E-state index in [2.05, 4.69) is 22.4 Å². The molecule has 5 nitrogen and oxygen atoms in total. The van der Waals surface area contributed by atoms with Gasteiger partial charge in [0.05, 0.1) is 18.6 Å². The third-order valence-electron chi connectivity index (χ3n) is 3.62. The van der Waals surface area contributed by atoms with Gasteiger partial charge in [0.15, 0.2) is 0 Å². The molecular formula is C14H17N3O2. The van der Waals surface area contributed by atoms with E-state index in [0.29, 0.717) is 23.6 Å². The van der Waals surface area contributed by atoms with Crippen LogP contribution < -0.4 is 10.1 Å². The van der Waals surface area contributed by atoms with Crippen molar-refractivity contribution in [2.24, 2.45) is 5.92 Å². The fourth-order valence-electron chi connectivity index (χ4n) is 2.47. The molecule has 5 heteroatoms. The lowest BCUT2D eigenvalue weighted by atomic mass is 9.98. The molecule has 0 amide bonds. The van der Waals surface area contributed by atoms with Crippen LogP contribution in [0.2, 0.25) is 0 Å². The number of aromatic nitrogens is 2. The van der Waals surface area contributed by atoms with Gasteiger partial charge in [0.2, 0.25) is 11.7 Å². The van der Waals surface area contributed by atoms with Crippen LogP contribution in [0.25, 0.3) is 11.4 Å². The molecule has 1 aromatic heterocycles. The summed E-state index contributed by atoms with van der Waals surface area (Å²) in [4.78, 5) is 4.52. The Morgan fingerprint density at radius 2 is 2.16 bits per heavy atom. The Bertz CT molecular complexity index is 567. The normalized spacial score (nSPS) is 22.6. The summed E-state index contributed by atoms with van der Waals surface area (Å²) in [6.07, 6.45) is 0. The summed E-state index contributed by atoms with van der Waals surface area (Å²) in [5.41, 5.74) is 0.860. The van der Waals surface area contributed by atoms with Crippen LogP contribution in [-0.4, -0.2) is 30.3 Å². The molecule has 1 aromatic carbocycles. The number of hydrogen-bond donors (Lipinski definition) is 1. The molecule has 1 N–H and O–H groups in total. The highest BCUT2D eigenvalue weighted by atomic mass is 16.5. The fourth-order valence-corrected chi connectivity index (χ4v) is 2.47. The number of nitrogens with zero attached hydrogens (tertiary/aromatic N) is 2. The molecule has 1 fully saturated rings. The van der Waals surface area contributed by atoms with E-state index in [1.807, 2.05) is 24.3 Å². The van der Waals surface area contributed by atoms with Gasteiger partial charge in [-0.3, -0.25) is 0 Å². The Labute approximate surface area is 112 Å². The smallest absolute Gasteiger partial charge is 0.231 e. The largest absolute Gasteiger partial charge is 0.496 e. The average molecular weight is 259 g/mol. The van der Waals surface area contributed by atoms with Gasteiger partial charge in [-0.05, 0) is 24.6 Å². The van der Waals surface area contributed by atoms with Gasteiger partial charge in [-0.1, -0.05) is 24.2 Å². The van der Waals surface area contributed by atoms with Gasteiger partial charge in [0.1, 0.15) is 5.75 Å². The molecule has 3 rings (SSSR count). The molecule has 1 aliphatic rings. The lowest BCUT2D eigenvalue weighted by Crippen LogP contribution is -2.08. The van der Waals surface area contributed by atoms with Gasteiger partial charge in [-0.15, -0.1) is 0 Å². The minimum atomic E-state index is 0.302. The Balaban J connectivity index is 1.92. The number of rotatable bonds is 3. The number of nitrogens with one attached hydrogen (secondary N) is 1. The highest BCUT2D eigenvalue weighted by molar-refractivity contribution is 5.63. The molecule has 0 saturated carbocycles. The van der Waals surface area contributed by atoms with Crippen LogP contribution in [0.4, 0.5) is 0 Å². The van der Waals surface area contributed by atoms with Crippen LogP contribution in [0.15, 0.2) is 28.8 Å². The molecule has 2 heterocycles. The molecule has 100 valence electrons. The first-order chi connectivity index (χ1) is 9.29. The van der Waals surface area contributed by atoms with Gasteiger partial charge in [0.25, 0.3) is 0 Å². The van der Waals surface area contributed by atoms with E-state index in [-0.39, 0.29) is 0 Å². The van der Waals surface area contributed by atoms with Gasteiger partial charge >= 0.3 is 0 Å². The van der Waals surface area contributed by atoms with Crippen molar-refractivity contribution in [3.63, 3.8) is 0 Å². The fraction of sp³-hybridized carbons (Fsp3) is 0.429. The maximum atomic E-state index is 5.42. The summed E-state index contributed by atoms with van der Waals surface area (Å²) in [7, 11) is 1.64. The minimum absolute atomic E-state index is 0.302. The Morgan fingerprint density at radius 3 is 2.89 bits per heavy atom. The topological polar surface area (TPSA) is 60.2 Å². The van der Waals surface area contributed by atoms with E-state index in [1.165, 1.54) is 0 Å². The molecule has 0 radical (unpaired) electrons.